The molecular formula is C20H30N2O10. The largest absolute Gasteiger partial charge is 0.457 e. The van der Waals surface area contributed by atoms with Crippen LogP contribution in [0.3, 0.4) is 0 Å². The van der Waals surface area contributed by atoms with E-state index in [-0.39, 0.29) is 29.8 Å². The van der Waals surface area contributed by atoms with Gasteiger partial charge in [-0.3, -0.25) is 19.2 Å². The Kier molecular flexibility index (Phi) is 7.38. The molecule has 4 heterocycles. The van der Waals surface area contributed by atoms with Gasteiger partial charge >= 0.3 is 11.9 Å². The summed E-state index contributed by atoms with van der Waals surface area (Å²) in [7, 11) is 3.09. The standard InChI is InChI=1S/2C10H15NO5/c1-4(12)15-9-6-3-5(10(14)11-2)8(16-6)7(9)13;1-4(12)15-9-7(13)6-3-5(8(9)16-6)10(14)11-2/h2*5-9,13H,3H2,1-2H3,(H,11,14)/t5?,6?,7-,8+,9?;5?,6?,7?,8-,9-/m10/s1. The zero-order valence-corrected chi connectivity index (χ0v) is 18.3. The number of nitrogens with one attached hydrogen (secondary N) is 2. The number of rotatable bonds is 4. The predicted octanol–water partition coefficient (Wildman–Crippen LogP) is -2.38. The molecule has 4 aliphatic heterocycles. The molecule has 0 saturated carbocycles. The number of esters is 2. The van der Waals surface area contributed by atoms with Gasteiger partial charge in [-0.05, 0) is 12.8 Å². The maximum Gasteiger partial charge on any atom is 0.303 e. The highest BCUT2D eigenvalue weighted by Gasteiger charge is 2.58. The normalized spacial score (nSPS) is 40.8. The van der Waals surface area contributed by atoms with Crippen LogP contribution in [-0.2, 0) is 38.1 Å². The number of hydrogen-bond donors (Lipinski definition) is 4. The zero-order valence-electron chi connectivity index (χ0n) is 18.3. The average molecular weight is 458 g/mol. The Labute approximate surface area is 184 Å². The molecule has 4 bridgehead atoms. The third-order valence-electron chi connectivity index (χ3n) is 6.28. The van der Waals surface area contributed by atoms with E-state index in [0.29, 0.717) is 12.8 Å². The van der Waals surface area contributed by atoms with Crippen molar-refractivity contribution in [1.82, 2.24) is 10.6 Å². The number of aliphatic hydroxyl groups excluding tert-OH is 2. The molecule has 4 rings (SSSR count). The molecular weight excluding hydrogens is 428 g/mol. The molecule has 10 atom stereocenters. The van der Waals surface area contributed by atoms with Gasteiger partial charge in [-0.2, -0.15) is 0 Å². The van der Waals surface area contributed by atoms with E-state index in [1.165, 1.54) is 13.8 Å². The van der Waals surface area contributed by atoms with Gasteiger partial charge in [0.2, 0.25) is 11.8 Å². The lowest BCUT2D eigenvalue weighted by Crippen LogP contribution is -2.48. The summed E-state index contributed by atoms with van der Waals surface area (Å²) < 4.78 is 20.9. The van der Waals surface area contributed by atoms with Crippen LogP contribution in [0, 0.1) is 11.8 Å². The summed E-state index contributed by atoms with van der Waals surface area (Å²) in [6, 6.07) is 0. The van der Waals surface area contributed by atoms with Crippen molar-refractivity contribution < 1.29 is 48.3 Å². The second-order valence-electron chi connectivity index (χ2n) is 8.32. The highest BCUT2D eigenvalue weighted by Crippen LogP contribution is 2.41. The van der Waals surface area contributed by atoms with Crippen LogP contribution < -0.4 is 10.6 Å². The van der Waals surface area contributed by atoms with Crippen molar-refractivity contribution in [3.63, 3.8) is 0 Å². The Hall–Kier alpha value is -2.28. The quantitative estimate of drug-likeness (QED) is 0.334. The van der Waals surface area contributed by atoms with Crippen molar-refractivity contribution in [3.8, 4) is 0 Å². The molecule has 12 heteroatoms. The first-order chi connectivity index (χ1) is 15.1. The number of hydrogen-bond acceptors (Lipinski definition) is 10. The monoisotopic (exact) mass is 458 g/mol. The molecule has 0 aromatic rings. The topological polar surface area (TPSA) is 170 Å². The van der Waals surface area contributed by atoms with E-state index in [1.54, 1.807) is 14.1 Å². The smallest absolute Gasteiger partial charge is 0.303 e. The zero-order chi connectivity index (χ0) is 23.7. The van der Waals surface area contributed by atoms with Crippen LogP contribution in [0.15, 0.2) is 0 Å². The van der Waals surface area contributed by atoms with E-state index in [2.05, 4.69) is 10.6 Å². The molecule has 4 saturated heterocycles. The van der Waals surface area contributed by atoms with Gasteiger partial charge in [0.25, 0.3) is 0 Å². The Morgan fingerprint density at radius 2 is 1.22 bits per heavy atom. The second-order valence-corrected chi connectivity index (χ2v) is 8.32. The van der Waals surface area contributed by atoms with Crippen molar-refractivity contribution in [1.29, 1.82) is 0 Å². The fourth-order valence-electron chi connectivity index (χ4n) is 4.89. The Morgan fingerprint density at radius 3 is 1.69 bits per heavy atom. The highest BCUT2D eigenvalue weighted by atomic mass is 16.6. The first kappa shape index (κ1) is 24.4. The molecule has 0 radical (unpaired) electrons. The van der Waals surface area contributed by atoms with Gasteiger partial charge in [0, 0.05) is 27.9 Å². The minimum atomic E-state index is -0.912. The second kappa shape index (κ2) is 9.69. The van der Waals surface area contributed by atoms with Crippen LogP contribution in [0.5, 0.6) is 0 Å². The lowest BCUT2D eigenvalue weighted by molar-refractivity contribution is -0.157. The third-order valence-corrected chi connectivity index (χ3v) is 6.28. The molecule has 0 spiro atoms. The summed E-state index contributed by atoms with van der Waals surface area (Å²) in [6.07, 6.45) is -3.99. The van der Waals surface area contributed by atoms with Gasteiger partial charge in [0.05, 0.1) is 30.1 Å². The molecule has 180 valence electrons. The lowest BCUT2D eigenvalue weighted by atomic mass is 9.84. The fourth-order valence-corrected chi connectivity index (χ4v) is 4.89. The third kappa shape index (κ3) is 4.58. The predicted molar refractivity (Wildman–Crippen MR) is 105 cm³/mol. The molecule has 32 heavy (non-hydrogen) atoms. The summed E-state index contributed by atoms with van der Waals surface area (Å²) in [5, 5.41) is 24.7. The number of carbonyl (C=O) groups excluding carboxylic acids is 4. The Morgan fingerprint density at radius 1 is 0.750 bits per heavy atom. The van der Waals surface area contributed by atoms with Gasteiger partial charge in [0.15, 0.2) is 12.2 Å². The Balaban J connectivity index is 0.000000181. The van der Waals surface area contributed by atoms with Crippen LogP contribution in [0.1, 0.15) is 26.7 Å². The van der Waals surface area contributed by atoms with E-state index >= 15 is 0 Å². The molecule has 2 amide bonds. The number of ether oxygens (including phenoxy) is 4. The number of carbonyl (C=O) groups is 4. The molecule has 0 aromatic heterocycles. The minimum absolute atomic E-state index is 0.142. The summed E-state index contributed by atoms with van der Waals surface area (Å²) in [5.41, 5.74) is 0. The van der Waals surface area contributed by atoms with Gasteiger partial charge in [-0.15, -0.1) is 0 Å². The molecule has 4 N–H and O–H groups in total. The SMILES string of the molecule is CNC(=O)C1CC2O[C@@H]1[C@@H](O)C2OC(C)=O.CNC(=O)C1CC2O[C@@H]1[C@@H](OC(C)=O)C2O. The fraction of sp³-hybridized carbons (Fsp3) is 0.800. The van der Waals surface area contributed by atoms with Gasteiger partial charge < -0.3 is 39.8 Å². The van der Waals surface area contributed by atoms with Crippen LogP contribution >= 0.6 is 0 Å². The van der Waals surface area contributed by atoms with E-state index in [1.807, 2.05) is 0 Å². The van der Waals surface area contributed by atoms with E-state index in [4.69, 9.17) is 18.9 Å². The number of amides is 2. The van der Waals surface area contributed by atoms with Crippen LogP contribution in [-0.4, -0.2) is 96.9 Å². The van der Waals surface area contributed by atoms with Crippen molar-refractivity contribution in [3.05, 3.63) is 0 Å². The molecule has 4 aliphatic rings. The Bertz CT molecular complexity index is 759. The van der Waals surface area contributed by atoms with Crippen LogP contribution in [0.25, 0.3) is 0 Å². The average Bonchev–Trinajstić information content (AvgIpc) is 3.49. The first-order valence-electron chi connectivity index (χ1n) is 10.5. The van der Waals surface area contributed by atoms with Gasteiger partial charge in [-0.1, -0.05) is 0 Å². The van der Waals surface area contributed by atoms with Crippen molar-refractivity contribution in [2.24, 2.45) is 11.8 Å². The summed E-state index contributed by atoms with van der Waals surface area (Å²) >= 11 is 0. The molecule has 12 nitrogen and oxygen atoms in total. The molecule has 6 unspecified atom stereocenters. The van der Waals surface area contributed by atoms with E-state index < -0.39 is 54.7 Å². The maximum absolute atomic E-state index is 11.5. The van der Waals surface area contributed by atoms with E-state index in [9.17, 15) is 29.4 Å². The number of aliphatic hydroxyl groups is 2. The van der Waals surface area contributed by atoms with Crippen molar-refractivity contribution >= 4 is 23.8 Å². The number of fused-ring (bicyclic) bond motifs is 4. The highest BCUT2D eigenvalue weighted by molar-refractivity contribution is 5.80. The summed E-state index contributed by atoms with van der Waals surface area (Å²) in [5.74, 6) is -1.91. The molecule has 4 fully saturated rings. The lowest BCUT2D eigenvalue weighted by Gasteiger charge is -2.28. The maximum atomic E-state index is 11.5. The summed E-state index contributed by atoms with van der Waals surface area (Å²) in [4.78, 5) is 44.7. The van der Waals surface area contributed by atoms with Crippen LogP contribution in [0.2, 0.25) is 0 Å². The minimum Gasteiger partial charge on any atom is -0.457 e. The summed E-state index contributed by atoms with van der Waals surface area (Å²) in [6.45, 7) is 2.56. The molecule has 0 aliphatic carbocycles. The molecule has 0 aromatic carbocycles. The van der Waals surface area contributed by atoms with Gasteiger partial charge in [0.1, 0.15) is 18.3 Å². The first-order valence-corrected chi connectivity index (χ1v) is 10.5. The van der Waals surface area contributed by atoms with Crippen molar-refractivity contribution in [2.75, 3.05) is 14.1 Å². The van der Waals surface area contributed by atoms with Crippen LogP contribution in [0.4, 0.5) is 0 Å². The van der Waals surface area contributed by atoms with Gasteiger partial charge in [-0.25, -0.2) is 0 Å². The van der Waals surface area contributed by atoms with Crippen molar-refractivity contribution in [2.45, 2.75) is 75.5 Å². The van der Waals surface area contributed by atoms with E-state index in [0.717, 1.165) is 0 Å².